The minimum atomic E-state index is -0.482. The topological polar surface area (TPSA) is 65.2 Å². The van der Waals surface area contributed by atoms with Gasteiger partial charge in [-0.15, -0.1) is 10.2 Å². The Morgan fingerprint density at radius 2 is 1.92 bits per heavy atom. The fourth-order valence-electron chi connectivity index (χ4n) is 1.98. The number of furan rings is 1. The third-order valence-corrected chi connectivity index (χ3v) is 4.66. The van der Waals surface area contributed by atoms with Crippen molar-refractivity contribution in [3.63, 3.8) is 0 Å². The first kappa shape index (κ1) is 16.7. The summed E-state index contributed by atoms with van der Waals surface area (Å²) in [5, 5.41) is 9.25. The standard InChI is InChI=1S/C17H13BrN2O3S/c1-22-17(21)15-8-6-13(23-15)10-24-16-9-7-14(19-20-16)11-2-4-12(18)5-3-11/h2-9H,10H2,1H3. The van der Waals surface area contributed by atoms with E-state index in [1.165, 1.54) is 18.9 Å². The van der Waals surface area contributed by atoms with Crippen molar-refractivity contribution in [1.82, 2.24) is 10.2 Å². The number of hydrogen-bond donors (Lipinski definition) is 0. The van der Waals surface area contributed by atoms with E-state index in [1.54, 1.807) is 12.1 Å². The molecule has 0 aliphatic heterocycles. The first-order valence-electron chi connectivity index (χ1n) is 7.05. The van der Waals surface area contributed by atoms with Crippen molar-refractivity contribution in [3.05, 3.63) is 64.5 Å². The minimum Gasteiger partial charge on any atom is -0.463 e. The van der Waals surface area contributed by atoms with Gasteiger partial charge in [0.05, 0.1) is 18.6 Å². The molecule has 0 bridgehead atoms. The lowest BCUT2D eigenvalue weighted by atomic mass is 10.1. The number of esters is 1. The van der Waals surface area contributed by atoms with Crippen LogP contribution in [0.15, 0.2) is 62.4 Å². The number of rotatable bonds is 5. The van der Waals surface area contributed by atoms with Crippen LogP contribution in [0.4, 0.5) is 0 Å². The summed E-state index contributed by atoms with van der Waals surface area (Å²) in [7, 11) is 1.32. The highest BCUT2D eigenvalue weighted by Crippen LogP contribution is 2.24. The highest BCUT2D eigenvalue weighted by molar-refractivity contribution is 9.10. The summed E-state index contributed by atoms with van der Waals surface area (Å²) in [5.74, 6) is 0.956. The van der Waals surface area contributed by atoms with Crippen LogP contribution < -0.4 is 0 Å². The summed E-state index contributed by atoms with van der Waals surface area (Å²) < 4.78 is 11.0. The number of carbonyl (C=O) groups is 1. The molecule has 24 heavy (non-hydrogen) atoms. The van der Waals surface area contributed by atoms with Crippen molar-refractivity contribution in [2.75, 3.05) is 7.11 Å². The third kappa shape index (κ3) is 4.04. The van der Waals surface area contributed by atoms with Crippen LogP contribution >= 0.6 is 27.7 Å². The summed E-state index contributed by atoms with van der Waals surface area (Å²) in [6.07, 6.45) is 0. The Labute approximate surface area is 151 Å². The molecule has 0 saturated heterocycles. The van der Waals surface area contributed by atoms with Gasteiger partial charge in [-0.2, -0.15) is 0 Å². The van der Waals surface area contributed by atoms with E-state index in [2.05, 4.69) is 30.9 Å². The fourth-order valence-corrected chi connectivity index (χ4v) is 2.95. The lowest BCUT2D eigenvalue weighted by molar-refractivity contribution is 0.0563. The van der Waals surface area contributed by atoms with Gasteiger partial charge in [0.15, 0.2) is 0 Å². The number of methoxy groups -OCH3 is 1. The van der Waals surface area contributed by atoms with Crippen molar-refractivity contribution in [3.8, 4) is 11.3 Å². The summed E-state index contributed by atoms with van der Waals surface area (Å²) in [6, 6.07) is 15.1. The van der Waals surface area contributed by atoms with Crippen LogP contribution in [0.25, 0.3) is 11.3 Å². The zero-order chi connectivity index (χ0) is 16.9. The van der Waals surface area contributed by atoms with Crippen molar-refractivity contribution in [2.24, 2.45) is 0 Å². The van der Waals surface area contributed by atoms with Gasteiger partial charge in [-0.3, -0.25) is 0 Å². The Morgan fingerprint density at radius 3 is 2.58 bits per heavy atom. The maximum absolute atomic E-state index is 11.3. The molecule has 122 valence electrons. The Balaban J connectivity index is 1.63. The largest absolute Gasteiger partial charge is 0.463 e. The average Bonchev–Trinajstić information content (AvgIpc) is 3.09. The summed E-state index contributed by atoms with van der Waals surface area (Å²) in [4.78, 5) is 11.3. The smallest absolute Gasteiger partial charge is 0.373 e. The van der Waals surface area contributed by atoms with Gasteiger partial charge in [-0.05, 0) is 36.4 Å². The van der Waals surface area contributed by atoms with E-state index in [1.807, 2.05) is 36.4 Å². The van der Waals surface area contributed by atoms with Gasteiger partial charge in [0.25, 0.3) is 0 Å². The van der Waals surface area contributed by atoms with E-state index in [4.69, 9.17) is 4.42 Å². The van der Waals surface area contributed by atoms with Crippen LogP contribution in [0.2, 0.25) is 0 Å². The van der Waals surface area contributed by atoms with Gasteiger partial charge in [0, 0.05) is 10.0 Å². The molecule has 0 N–H and O–H groups in total. The number of ether oxygens (including phenoxy) is 1. The molecule has 0 radical (unpaired) electrons. The minimum absolute atomic E-state index is 0.199. The number of nitrogens with zero attached hydrogens (tertiary/aromatic N) is 2. The van der Waals surface area contributed by atoms with E-state index in [0.717, 1.165) is 20.8 Å². The maximum Gasteiger partial charge on any atom is 0.373 e. The Bertz CT molecular complexity index is 832. The first-order valence-corrected chi connectivity index (χ1v) is 8.83. The van der Waals surface area contributed by atoms with Crippen molar-refractivity contribution >= 4 is 33.7 Å². The predicted octanol–water partition coefficient (Wildman–Crippen LogP) is 4.58. The first-order chi connectivity index (χ1) is 11.7. The van der Waals surface area contributed by atoms with Gasteiger partial charge in [0.2, 0.25) is 5.76 Å². The summed E-state index contributed by atoms with van der Waals surface area (Å²) >= 11 is 4.90. The van der Waals surface area contributed by atoms with E-state index in [0.29, 0.717) is 11.5 Å². The molecule has 0 spiro atoms. The summed E-state index contributed by atoms with van der Waals surface area (Å²) in [6.45, 7) is 0. The highest BCUT2D eigenvalue weighted by Gasteiger charge is 2.11. The van der Waals surface area contributed by atoms with Crippen LogP contribution in [0.3, 0.4) is 0 Å². The van der Waals surface area contributed by atoms with Crippen LogP contribution in [-0.2, 0) is 10.5 Å². The lowest BCUT2D eigenvalue weighted by Gasteiger charge is -2.02. The Kier molecular flexibility index (Phi) is 5.32. The van der Waals surface area contributed by atoms with Crippen molar-refractivity contribution in [1.29, 1.82) is 0 Å². The number of aromatic nitrogens is 2. The number of halogens is 1. The Morgan fingerprint density at radius 1 is 1.12 bits per heavy atom. The number of thioether (sulfide) groups is 1. The van der Waals surface area contributed by atoms with Gasteiger partial charge in [-0.1, -0.05) is 39.8 Å². The third-order valence-electron chi connectivity index (χ3n) is 3.19. The molecule has 0 atom stereocenters. The second-order valence-electron chi connectivity index (χ2n) is 4.81. The molecule has 5 nitrogen and oxygen atoms in total. The highest BCUT2D eigenvalue weighted by atomic mass is 79.9. The van der Waals surface area contributed by atoms with Crippen LogP contribution in [0.1, 0.15) is 16.3 Å². The van der Waals surface area contributed by atoms with E-state index >= 15 is 0 Å². The zero-order valence-electron chi connectivity index (χ0n) is 12.7. The maximum atomic E-state index is 11.3. The van der Waals surface area contributed by atoms with Crippen molar-refractivity contribution in [2.45, 2.75) is 10.8 Å². The zero-order valence-corrected chi connectivity index (χ0v) is 15.1. The van der Waals surface area contributed by atoms with Crippen molar-refractivity contribution < 1.29 is 13.9 Å². The quantitative estimate of drug-likeness (QED) is 0.458. The molecule has 2 aromatic heterocycles. The number of benzene rings is 1. The van der Waals surface area contributed by atoms with E-state index in [-0.39, 0.29) is 5.76 Å². The van der Waals surface area contributed by atoms with Gasteiger partial charge >= 0.3 is 5.97 Å². The molecule has 0 unspecified atom stereocenters. The van der Waals surface area contributed by atoms with E-state index < -0.39 is 5.97 Å². The molecule has 7 heteroatoms. The second kappa shape index (κ2) is 7.63. The number of carbonyl (C=O) groups excluding carboxylic acids is 1. The van der Waals surface area contributed by atoms with Gasteiger partial charge in [-0.25, -0.2) is 4.79 Å². The monoisotopic (exact) mass is 404 g/mol. The van der Waals surface area contributed by atoms with E-state index in [9.17, 15) is 4.79 Å². The number of hydrogen-bond acceptors (Lipinski definition) is 6. The average molecular weight is 405 g/mol. The molecule has 3 rings (SSSR count). The van der Waals surface area contributed by atoms with Crippen LogP contribution in [-0.4, -0.2) is 23.3 Å². The molecule has 0 aliphatic rings. The lowest BCUT2D eigenvalue weighted by Crippen LogP contribution is -1.98. The molecule has 0 saturated carbocycles. The molecule has 0 aliphatic carbocycles. The Hall–Kier alpha value is -2.12. The molecule has 3 aromatic rings. The fraction of sp³-hybridized carbons (Fsp3) is 0.118. The summed E-state index contributed by atoms with van der Waals surface area (Å²) in [5.41, 5.74) is 1.83. The van der Waals surface area contributed by atoms with Crippen LogP contribution in [0, 0.1) is 0 Å². The molecule has 0 amide bonds. The molecular weight excluding hydrogens is 392 g/mol. The molecule has 0 fully saturated rings. The normalized spacial score (nSPS) is 10.6. The van der Waals surface area contributed by atoms with Crippen LogP contribution in [0.5, 0.6) is 0 Å². The van der Waals surface area contributed by atoms with Gasteiger partial charge in [0.1, 0.15) is 10.8 Å². The second-order valence-corrected chi connectivity index (χ2v) is 6.72. The SMILES string of the molecule is COC(=O)c1ccc(CSc2ccc(-c3ccc(Br)cc3)nn2)o1. The van der Waals surface area contributed by atoms with Gasteiger partial charge < -0.3 is 9.15 Å². The molecule has 1 aromatic carbocycles. The predicted molar refractivity (Wildman–Crippen MR) is 94.8 cm³/mol. The molecule has 2 heterocycles. The molecular formula is C17H13BrN2O3S.